The molecule has 7 heteroatoms. The fourth-order valence-corrected chi connectivity index (χ4v) is 3.42. The van der Waals surface area contributed by atoms with Gasteiger partial charge in [0.1, 0.15) is 18.1 Å². The van der Waals surface area contributed by atoms with Gasteiger partial charge in [-0.15, -0.1) is 0 Å². The van der Waals surface area contributed by atoms with Crippen LogP contribution >= 0.6 is 0 Å². The van der Waals surface area contributed by atoms with Crippen LogP contribution < -0.4 is 14.8 Å². The van der Waals surface area contributed by atoms with Crippen LogP contribution in [0.4, 0.5) is 0 Å². The zero-order valence-corrected chi connectivity index (χ0v) is 16.1. The fraction of sp³-hybridized carbons (Fsp3) is 0.600. The molecule has 1 aliphatic carbocycles. The lowest BCUT2D eigenvalue weighted by molar-refractivity contribution is -0.136. The van der Waals surface area contributed by atoms with Crippen molar-refractivity contribution in [3.05, 3.63) is 24.3 Å². The standard InChI is InChI=1S/C20H29N3O4/c1-3-22-9-11-23(12-10-22)20(25)18-14-17(18)19(24)21-8-13-27-16-6-4-15(26-2)5-7-16/h4-7,17-18H,3,8-14H2,1-2H3,(H,21,24). The van der Waals surface area contributed by atoms with Crippen LogP contribution in [0.15, 0.2) is 24.3 Å². The summed E-state index contributed by atoms with van der Waals surface area (Å²) in [6.45, 7) is 7.37. The number of nitrogens with zero attached hydrogens (tertiary/aromatic N) is 2. The second-order valence-corrected chi connectivity index (χ2v) is 7.02. The molecule has 1 saturated carbocycles. The van der Waals surface area contributed by atoms with Crippen molar-refractivity contribution in [2.24, 2.45) is 11.8 Å². The van der Waals surface area contributed by atoms with E-state index in [1.54, 1.807) is 7.11 Å². The summed E-state index contributed by atoms with van der Waals surface area (Å²) < 4.78 is 10.7. The minimum atomic E-state index is -0.178. The van der Waals surface area contributed by atoms with Crippen LogP contribution in [0.25, 0.3) is 0 Å². The molecular formula is C20H29N3O4. The molecule has 1 heterocycles. The number of benzene rings is 1. The number of piperazine rings is 1. The minimum absolute atomic E-state index is 0.0427. The number of amides is 2. The Hall–Kier alpha value is -2.28. The van der Waals surface area contributed by atoms with Gasteiger partial charge >= 0.3 is 0 Å². The molecule has 0 aromatic heterocycles. The molecule has 0 radical (unpaired) electrons. The normalized spacial score (nSPS) is 22.2. The third-order valence-corrected chi connectivity index (χ3v) is 5.31. The smallest absolute Gasteiger partial charge is 0.226 e. The van der Waals surface area contributed by atoms with Crippen molar-refractivity contribution in [3.8, 4) is 11.5 Å². The van der Waals surface area contributed by atoms with Gasteiger partial charge in [0, 0.05) is 26.2 Å². The van der Waals surface area contributed by atoms with Gasteiger partial charge in [0.2, 0.25) is 11.8 Å². The number of carbonyl (C=O) groups is 2. The van der Waals surface area contributed by atoms with Crippen molar-refractivity contribution in [2.45, 2.75) is 13.3 Å². The average Bonchev–Trinajstić information content (AvgIpc) is 3.52. The molecule has 1 N–H and O–H groups in total. The quantitative estimate of drug-likeness (QED) is 0.686. The first-order valence-corrected chi connectivity index (χ1v) is 9.68. The molecule has 1 aliphatic heterocycles. The van der Waals surface area contributed by atoms with Crippen molar-refractivity contribution in [1.29, 1.82) is 0 Å². The van der Waals surface area contributed by atoms with Crippen LogP contribution in [-0.4, -0.2) is 74.6 Å². The highest BCUT2D eigenvalue weighted by atomic mass is 16.5. The molecule has 1 aromatic rings. The second kappa shape index (κ2) is 9.08. The van der Waals surface area contributed by atoms with Crippen molar-refractivity contribution in [2.75, 3.05) is 53.0 Å². The molecule has 7 nitrogen and oxygen atoms in total. The van der Waals surface area contributed by atoms with Gasteiger partial charge in [0.25, 0.3) is 0 Å². The van der Waals surface area contributed by atoms with Gasteiger partial charge in [-0.2, -0.15) is 0 Å². The van der Waals surface area contributed by atoms with E-state index in [2.05, 4.69) is 17.1 Å². The number of hydrogen-bond donors (Lipinski definition) is 1. The molecule has 1 saturated heterocycles. The number of nitrogens with one attached hydrogen (secondary N) is 1. The fourth-order valence-electron chi connectivity index (χ4n) is 3.42. The van der Waals surface area contributed by atoms with Gasteiger partial charge < -0.3 is 24.6 Å². The van der Waals surface area contributed by atoms with E-state index in [1.807, 2.05) is 29.2 Å². The van der Waals surface area contributed by atoms with E-state index < -0.39 is 0 Å². The maximum Gasteiger partial charge on any atom is 0.226 e. The number of carbonyl (C=O) groups excluding carboxylic acids is 2. The first kappa shape index (κ1) is 19.5. The molecule has 2 unspecified atom stereocenters. The molecule has 2 atom stereocenters. The zero-order chi connectivity index (χ0) is 19.2. The van der Waals surface area contributed by atoms with Crippen LogP contribution in [0.5, 0.6) is 11.5 Å². The molecule has 1 aromatic carbocycles. The van der Waals surface area contributed by atoms with Crippen LogP contribution in [0.1, 0.15) is 13.3 Å². The summed E-state index contributed by atoms with van der Waals surface area (Å²) in [4.78, 5) is 29.0. The number of hydrogen-bond acceptors (Lipinski definition) is 5. The van der Waals surface area contributed by atoms with Gasteiger partial charge in [0.15, 0.2) is 0 Å². The first-order valence-electron chi connectivity index (χ1n) is 9.68. The van der Waals surface area contributed by atoms with E-state index in [0.717, 1.165) is 44.2 Å². The Morgan fingerprint density at radius 3 is 2.37 bits per heavy atom. The number of likely N-dealkylation sites (N-methyl/N-ethyl adjacent to an activating group) is 1. The van der Waals surface area contributed by atoms with E-state index in [9.17, 15) is 9.59 Å². The predicted molar refractivity (Wildman–Crippen MR) is 102 cm³/mol. The van der Waals surface area contributed by atoms with E-state index in [-0.39, 0.29) is 23.7 Å². The van der Waals surface area contributed by atoms with Crippen LogP contribution in [-0.2, 0) is 9.59 Å². The molecule has 27 heavy (non-hydrogen) atoms. The minimum Gasteiger partial charge on any atom is -0.497 e. The average molecular weight is 375 g/mol. The maximum atomic E-state index is 12.5. The van der Waals surface area contributed by atoms with E-state index in [1.165, 1.54) is 0 Å². The lowest BCUT2D eigenvalue weighted by Crippen LogP contribution is -2.49. The number of rotatable bonds is 8. The van der Waals surface area contributed by atoms with Crippen molar-refractivity contribution in [3.63, 3.8) is 0 Å². The van der Waals surface area contributed by atoms with Gasteiger partial charge in [-0.25, -0.2) is 0 Å². The molecular weight excluding hydrogens is 346 g/mol. The predicted octanol–water partition coefficient (Wildman–Crippen LogP) is 0.990. The molecule has 2 aliphatic rings. The highest BCUT2D eigenvalue weighted by Gasteiger charge is 2.49. The van der Waals surface area contributed by atoms with Gasteiger partial charge in [-0.3, -0.25) is 9.59 Å². The summed E-state index contributed by atoms with van der Waals surface area (Å²) in [5.74, 6) is 1.29. The Bertz CT molecular complexity index is 641. The Labute approximate surface area is 160 Å². The third-order valence-electron chi connectivity index (χ3n) is 5.31. The lowest BCUT2D eigenvalue weighted by atomic mass is 10.2. The summed E-state index contributed by atoms with van der Waals surface area (Å²) in [6, 6.07) is 7.31. The van der Waals surface area contributed by atoms with Gasteiger partial charge in [-0.05, 0) is 37.2 Å². The topological polar surface area (TPSA) is 71.1 Å². The summed E-state index contributed by atoms with van der Waals surface area (Å²) in [5, 5.41) is 2.87. The highest BCUT2D eigenvalue weighted by Crippen LogP contribution is 2.40. The summed E-state index contributed by atoms with van der Waals surface area (Å²) in [7, 11) is 1.62. The van der Waals surface area contributed by atoms with E-state index in [4.69, 9.17) is 9.47 Å². The van der Waals surface area contributed by atoms with E-state index >= 15 is 0 Å². The van der Waals surface area contributed by atoms with Gasteiger partial charge in [0.05, 0.1) is 25.5 Å². The summed E-state index contributed by atoms with van der Waals surface area (Å²) in [5.41, 5.74) is 0. The van der Waals surface area contributed by atoms with E-state index in [0.29, 0.717) is 19.6 Å². The van der Waals surface area contributed by atoms with Crippen molar-refractivity contribution in [1.82, 2.24) is 15.1 Å². The monoisotopic (exact) mass is 375 g/mol. The van der Waals surface area contributed by atoms with Gasteiger partial charge in [-0.1, -0.05) is 6.92 Å². The summed E-state index contributed by atoms with van der Waals surface area (Å²) >= 11 is 0. The molecule has 2 fully saturated rings. The lowest BCUT2D eigenvalue weighted by Gasteiger charge is -2.34. The Balaban J connectivity index is 1.33. The number of ether oxygens (including phenoxy) is 2. The maximum absolute atomic E-state index is 12.5. The third kappa shape index (κ3) is 5.13. The molecule has 3 rings (SSSR count). The highest BCUT2D eigenvalue weighted by molar-refractivity contribution is 5.92. The van der Waals surface area contributed by atoms with Crippen LogP contribution in [0.3, 0.4) is 0 Å². The summed E-state index contributed by atoms with van der Waals surface area (Å²) in [6.07, 6.45) is 0.665. The van der Waals surface area contributed by atoms with Crippen LogP contribution in [0.2, 0.25) is 0 Å². The Morgan fingerprint density at radius 1 is 1.07 bits per heavy atom. The Kier molecular flexibility index (Phi) is 6.55. The van der Waals surface area contributed by atoms with Crippen molar-refractivity contribution < 1.29 is 19.1 Å². The van der Waals surface area contributed by atoms with Crippen LogP contribution in [0, 0.1) is 11.8 Å². The molecule has 0 spiro atoms. The largest absolute Gasteiger partial charge is 0.497 e. The Morgan fingerprint density at radius 2 is 1.74 bits per heavy atom. The SMILES string of the molecule is CCN1CCN(C(=O)C2CC2C(=O)NCCOc2ccc(OC)cc2)CC1. The molecule has 2 amide bonds. The molecule has 0 bridgehead atoms. The van der Waals surface area contributed by atoms with Crippen molar-refractivity contribution >= 4 is 11.8 Å². The second-order valence-electron chi connectivity index (χ2n) is 7.02. The first-order chi connectivity index (χ1) is 13.1. The number of methoxy groups -OCH3 is 1. The molecule has 148 valence electrons. The zero-order valence-electron chi connectivity index (χ0n) is 16.1.